The molecule has 0 saturated carbocycles. The lowest BCUT2D eigenvalue weighted by Crippen LogP contribution is -2.29. The van der Waals surface area contributed by atoms with Crippen LogP contribution in [0.4, 0.5) is 0 Å². The molecule has 0 fully saturated rings. The van der Waals surface area contributed by atoms with E-state index in [-0.39, 0.29) is 11.5 Å². The molecule has 0 aromatic heterocycles. The van der Waals surface area contributed by atoms with Crippen LogP contribution in [0, 0.1) is 0 Å². The second-order valence-corrected chi connectivity index (χ2v) is 6.56. The van der Waals surface area contributed by atoms with Gasteiger partial charge in [0.2, 0.25) is 0 Å². The summed E-state index contributed by atoms with van der Waals surface area (Å²) in [5.41, 5.74) is -0.440. The predicted molar refractivity (Wildman–Crippen MR) is 96.0 cm³/mol. The minimum Gasteiger partial charge on any atom is -0.507 e. The number of rotatable bonds is 5. The fourth-order valence-corrected chi connectivity index (χ4v) is 2.93. The van der Waals surface area contributed by atoms with Crippen LogP contribution >= 0.6 is 0 Å². The Bertz CT molecular complexity index is 884. The van der Waals surface area contributed by atoms with Gasteiger partial charge in [0.25, 0.3) is 0 Å². The Morgan fingerprint density at radius 1 is 0.958 bits per heavy atom. The van der Waals surface area contributed by atoms with Crippen LogP contribution in [0.5, 0.6) is 17.2 Å². The maximum absolute atomic E-state index is 10.8. The summed E-state index contributed by atoms with van der Waals surface area (Å²) in [7, 11) is 1.66. The van der Waals surface area contributed by atoms with Gasteiger partial charge in [0.05, 0.1) is 10.8 Å². The highest BCUT2D eigenvalue weighted by Gasteiger charge is 2.22. The smallest absolute Gasteiger partial charge is 0.138 e. The quantitative estimate of drug-likeness (QED) is 0.673. The molecule has 0 bridgehead atoms. The van der Waals surface area contributed by atoms with E-state index >= 15 is 0 Å². The number of phenolic OH excluding ortho intramolecular Hbond substituents is 2. The van der Waals surface area contributed by atoms with Crippen molar-refractivity contribution in [2.24, 2.45) is 0 Å². The maximum Gasteiger partial charge on any atom is 0.138 e. The van der Waals surface area contributed by atoms with E-state index in [4.69, 9.17) is 9.47 Å². The van der Waals surface area contributed by atoms with Crippen molar-refractivity contribution in [3.05, 3.63) is 42.5 Å². The van der Waals surface area contributed by atoms with Crippen molar-refractivity contribution in [1.82, 2.24) is 0 Å². The molecule has 24 heavy (non-hydrogen) atoms. The molecule has 0 heterocycles. The van der Waals surface area contributed by atoms with Crippen molar-refractivity contribution in [2.75, 3.05) is 13.7 Å². The number of ether oxygens (including phenoxy) is 2. The molecule has 0 saturated heterocycles. The molecule has 0 aliphatic heterocycles. The lowest BCUT2D eigenvalue weighted by atomic mass is 10.00. The van der Waals surface area contributed by atoms with Gasteiger partial charge >= 0.3 is 0 Å². The van der Waals surface area contributed by atoms with E-state index in [1.807, 2.05) is 44.2 Å². The molecule has 0 amide bonds. The van der Waals surface area contributed by atoms with Gasteiger partial charge < -0.3 is 19.7 Å². The maximum atomic E-state index is 10.8. The third kappa shape index (κ3) is 2.97. The third-order valence-electron chi connectivity index (χ3n) is 4.21. The minimum absolute atomic E-state index is 0.0405. The monoisotopic (exact) mass is 326 g/mol. The molecule has 0 aliphatic carbocycles. The Balaban J connectivity index is 2.17. The first-order valence-electron chi connectivity index (χ1n) is 7.97. The molecular weight excluding hydrogens is 304 g/mol. The molecule has 3 aromatic carbocycles. The standard InChI is InChI=1S/C20H22O4/c1-20(2,10-11-23-3)24-16-9-5-7-14-12-13-6-4-8-15(21)17(13)19(22)18(14)16/h4-9,12,21-22H,10-11H2,1-3H3. The van der Waals surface area contributed by atoms with E-state index in [1.165, 1.54) is 0 Å². The van der Waals surface area contributed by atoms with Gasteiger partial charge in [0.15, 0.2) is 0 Å². The highest BCUT2D eigenvalue weighted by molar-refractivity contribution is 6.09. The van der Waals surface area contributed by atoms with E-state index in [9.17, 15) is 10.2 Å². The van der Waals surface area contributed by atoms with Crippen molar-refractivity contribution in [2.45, 2.75) is 25.9 Å². The summed E-state index contributed by atoms with van der Waals surface area (Å²) in [6.45, 7) is 4.56. The highest BCUT2D eigenvalue weighted by Crippen LogP contribution is 2.43. The number of benzene rings is 3. The van der Waals surface area contributed by atoms with Crippen LogP contribution in [0.2, 0.25) is 0 Å². The Kier molecular flexibility index (Phi) is 4.24. The molecule has 0 unspecified atom stereocenters. The first kappa shape index (κ1) is 16.4. The fraction of sp³-hybridized carbons (Fsp3) is 0.300. The summed E-state index contributed by atoms with van der Waals surface area (Å²) in [5.74, 6) is 0.690. The van der Waals surface area contributed by atoms with Gasteiger partial charge in [0.1, 0.15) is 22.8 Å². The molecule has 2 N–H and O–H groups in total. The fourth-order valence-electron chi connectivity index (χ4n) is 2.93. The average Bonchev–Trinajstić information content (AvgIpc) is 2.52. The van der Waals surface area contributed by atoms with Crippen LogP contribution < -0.4 is 4.74 Å². The zero-order chi connectivity index (χ0) is 17.3. The first-order valence-corrected chi connectivity index (χ1v) is 7.97. The van der Waals surface area contributed by atoms with E-state index in [0.717, 1.165) is 17.2 Å². The minimum atomic E-state index is -0.440. The molecule has 0 radical (unpaired) electrons. The summed E-state index contributed by atoms with van der Waals surface area (Å²) in [6, 6.07) is 12.8. The zero-order valence-corrected chi connectivity index (χ0v) is 14.2. The third-order valence-corrected chi connectivity index (χ3v) is 4.21. The number of methoxy groups -OCH3 is 1. The van der Waals surface area contributed by atoms with Crippen molar-refractivity contribution in [3.8, 4) is 17.2 Å². The Labute approximate surface area is 141 Å². The second-order valence-electron chi connectivity index (χ2n) is 6.56. The Morgan fingerprint density at radius 3 is 2.33 bits per heavy atom. The molecule has 0 atom stereocenters. The topological polar surface area (TPSA) is 58.9 Å². The summed E-state index contributed by atoms with van der Waals surface area (Å²) in [5, 5.41) is 23.6. The Morgan fingerprint density at radius 2 is 1.62 bits per heavy atom. The molecule has 126 valence electrons. The largest absolute Gasteiger partial charge is 0.507 e. The highest BCUT2D eigenvalue weighted by atomic mass is 16.5. The van der Waals surface area contributed by atoms with Crippen molar-refractivity contribution in [3.63, 3.8) is 0 Å². The predicted octanol–water partition coefficient (Wildman–Crippen LogP) is 4.60. The van der Waals surface area contributed by atoms with Crippen LogP contribution in [0.25, 0.3) is 21.5 Å². The lowest BCUT2D eigenvalue weighted by Gasteiger charge is -2.27. The molecule has 4 heteroatoms. The van der Waals surface area contributed by atoms with Crippen LogP contribution in [0.1, 0.15) is 20.3 Å². The summed E-state index contributed by atoms with van der Waals surface area (Å²) in [6.07, 6.45) is 0.722. The van der Waals surface area contributed by atoms with Gasteiger partial charge in [0, 0.05) is 20.1 Å². The normalized spacial score (nSPS) is 12.0. The van der Waals surface area contributed by atoms with Crippen molar-refractivity contribution in [1.29, 1.82) is 0 Å². The van der Waals surface area contributed by atoms with E-state index in [2.05, 4.69) is 0 Å². The molecule has 0 aliphatic rings. The number of fused-ring (bicyclic) bond motifs is 2. The molecular formula is C20H22O4. The van der Waals surface area contributed by atoms with E-state index in [1.54, 1.807) is 19.2 Å². The SMILES string of the molecule is COCCC(C)(C)Oc1cccc2cc3cccc(O)c3c(O)c12. The molecule has 4 nitrogen and oxygen atoms in total. The Hall–Kier alpha value is -2.46. The van der Waals surface area contributed by atoms with Gasteiger partial charge in [-0.05, 0) is 42.8 Å². The summed E-state index contributed by atoms with van der Waals surface area (Å²) >= 11 is 0. The molecule has 3 aromatic rings. The van der Waals surface area contributed by atoms with Gasteiger partial charge in [-0.15, -0.1) is 0 Å². The van der Waals surface area contributed by atoms with Crippen molar-refractivity contribution >= 4 is 21.5 Å². The van der Waals surface area contributed by atoms with E-state index < -0.39 is 5.60 Å². The van der Waals surface area contributed by atoms with Gasteiger partial charge in [-0.3, -0.25) is 0 Å². The average molecular weight is 326 g/mol. The van der Waals surface area contributed by atoms with Crippen LogP contribution in [-0.2, 0) is 4.74 Å². The second kappa shape index (κ2) is 6.21. The number of aromatic hydroxyl groups is 2. The first-order chi connectivity index (χ1) is 11.4. The van der Waals surface area contributed by atoms with Gasteiger partial charge in [-0.2, -0.15) is 0 Å². The van der Waals surface area contributed by atoms with Crippen molar-refractivity contribution < 1.29 is 19.7 Å². The van der Waals surface area contributed by atoms with Crippen LogP contribution in [-0.4, -0.2) is 29.5 Å². The van der Waals surface area contributed by atoms with Gasteiger partial charge in [-0.25, -0.2) is 0 Å². The lowest BCUT2D eigenvalue weighted by molar-refractivity contribution is 0.0643. The number of phenols is 2. The van der Waals surface area contributed by atoms with Crippen LogP contribution in [0.15, 0.2) is 42.5 Å². The van der Waals surface area contributed by atoms with Gasteiger partial charge in [-0.1, -0.05) is 24.3 Å². The number of hydrogen-bond acceptors (Lipinski definition) is 4. The summed E-state index contributed by atoms with van der Waals surface area (Å²) in [4.78, 5) is 0. The molecule has 0 spiro atoms. The zero-order valence-electron chi connectivity index (χ0n) is 14.2. The number of hydrogen-bond donors (Lipinski definition) is 2. The van der Waals surface area contributed by atoms with Crippen LogP contribution in [0.3, 0.4) is 0 Å². The molecule has 3 rings (SSSR count). The summed E-state index contributed by atoms with van der Waals surface area (Å²) < 4.78 is 11.3. The van der Waals surface area contributed by atoms with E-state index in [0.29, 0.717) is 23.1 Å².